The monoisotopic (exact) mass is 340 g/mol. The third-order valence-electron chi connectivity index (χ3n) is 3.59. The van der Waals surface area contributed by atoms with Crippen LogP contribution >= 0.6 is 11.6 Å². The Bertz CT molecular complexity index is 542. The second-order valence-electron chi connectivity index (χ2n) is 5.23. The summed E-state index contributed by atoms with van der Waals surface area (Å²) in [7, 11) is 0. The van der Waals surface area contributed by atoms with E-state index in [4.69, 9.17) is 21.1 Å². The summed E-state index contributed by atoms with van der Waals surface area (Å²) in [6.07, 6.45) is -0.921. The number of piperazine rings is 1. The second kappa shape index (κ2) is 8.06. The van der Waals surface area contributed by atoms with Crippen molar-refractivity contribution in [1.82, 2.24) is 9.80 Å². The fourth-order valence-electron chi connectivity index (χ4n) is 2.35. The highest BCUT2D eigenvalue weighted by Crippen LogP contribution is 2.17. The molecule has 0 aromatic heterocycles. The SMILES string of the molecule is CCOC(=O)N1CCN(C(=O)[C@H](C)Oc2ccc(Cl)cc2)CC1. The molecule has 2 rings (SSSR count). The molecule has 1 fully saturated rings. The topological polar surface area (TPSA) is 59.1 Å². The number of nitrogens with zero attached hydrogens (tertiary/aromatic N) is 2. The second-order valence-corrected chi connectivity index (χ2v) is 5.66. The Morgan fingerprint density at radius 1 is 1.13 bits per heavy atom. The van der Waals surface area contributed by atoms with Gasteiger partial charge in [0, 0.05) is 31.2 Å². The smallest absolute Gasteiger partial charge is 0.409 e. The van der Waals surface area contributed by atoms with E-state index in [2.05, 4.69) is 0 Å². The van der Waals surface area contributed by atoms with E-state index in [0.29, 0.717) is 43.6 Å². The summed E-state index contributed by atoms with van der Waals surface area (Å²) in [6.45, 7) is 5.74. The zero-order valence-corrected chi connectivity index (χ0v) is 14.1. The summed E-state index contributed by atoms with van der Waals surface area (Å²) >= 11 is 5.82. The minimum atomic E-state index is -0.592. The first-order chi connectivity index (χ1) is 11.0. The van der Waals surface area contributed by atoms with Crippen LogP contribution in [0, 0.1) is 0 Å². The maximum Gasteiger partial charge on any atom is 0.409 e. The van der Waals surface area contributed by atoms with E-state index in [1.165, 1.54) is 0 Å². The van der Waals surface area contributed by atoms with Crippen molar-refractivity contribution >= 4 is 23.6 Å². The maximum atomic E-state index is 12.4. The summed E-state index contributed by atoms with van der Waals surface area (Å²) in [5.41, 5.74) is 0. The lowest BCUT2D eigenvalue weighted by Crippen LogP contribution is -2.53. The van der Waals surface area contributed by atoms with E-state index in [-0.39, 0.29) is 12.0 Å². The first kappa shape index (κ1) is 17.4. The summed E-state index contributed by atoms with van der Waals surface area (Å²) in [5, 5.41) is 0.617. The molecule has 7 heteroatoms. The van der Waals surface area contributed by atoms with E-state index >= 15 is 0 Å². The minimum Gasteiger partial charge on any atom is -0.481 e. The molecule has 1 aromatic rings. The standard InChI is InChI=1S/C16H21ClN2O4/c1-3-22-16(21)19-10-8-18(9-11-19)15(20)12(2)23-14-6-4-13(17)5-7-14/h4-7,12H,3,8-11H2,1-2H3/t12-/m0/s1. The van der Waals surface area contributed by atoms with Crippen LogP contribution in [0.1, 0.15) is 13.8 Å². The molecule has 1 aliphatic rings. The van der Waals surface area contributed by atoms with Crippen LogP contribution < -0.4 is 4.74 Å². The Morgan fingerprint density at radius 2 is 1.70 bits per heavy atom. The Labute approximate surface area is 140 Å². The fraction of sp³-hybridized carbons (Fsp3) is 0.500. The van der Waals surface area contributed by atoms with Crippen LogP contribution in [0.4, 0.5) is 4.79 Å². The highest BCUT2D eigenvalue weighted by molar-refractivity contribution is 6.30. The number of carbonyl (C=O) groups is 2. The molecular formula is C16H21ClN2O4. The van der Waals surface area contributed by atoms with Crippen molar-refractivity contribution in [3.8, 4) is 5.75 Å². The Balaban J connectivity index is 1.84. The molecular weight excluding hydrogens is 320 g/mol. The van der Waals surface area contributed by atoms with Crippen LogP contribution in [0.5, 0.6) is 5.75 Å². The van der Waals surface area contributed by atoms with Gasteiger partial charge in [-0.15, -0.1) is 0 Å². The van der Waals surface area contributed by atoms with Crippen molar-refractivity contribution in [3.63, 3.8) is 0 Å². The largest absolute Gasteiger partial charge is 0.481 e. The molecule has 1 saturated heterocycles. The first-order valence-corrected chi connectivity index (χ1v) is 8.01. The third kappa shape index (κ3) is 4.76. The molecule has 0 radical (unpaired) electrons. The summed E-state index contributed by atoms with van der Waals surface area (Å²) in [4.78, 5) is 27.4. The van der Waals surface area contributed by atoms with E-state index < -0.39 is 6.10 Å². The number of halogens is 1. The summed E-state index contributed by atoms with van der Waals surface area (Å²) in [6, 6.07) is 6.88. The van der Waals surface area contributed by atoms with Gasteiger partial charge >= 0.3 is 6.09 Å². The molecule has 0 N–H and O–H groups in total. The number of benzene rings is 1. The van der Waals surface area contributed by atoms with Gasteiger partial charge in [-0.1, -0.05) is 11.6 Å². The summed E-state index contributed by atoms with van der Waals surface area (Å²) in [5.74, 6) is 0.504. The van der Waals surface area contributed by atoms with Gasteiger partial charge in [0.05, 0.1) is 6.61 Å². The van der Waals surface area contributed by atoms with Crippen molar-refractivity contribution in [2.24, 2.45) is 0 Å². The van der Waals surface area contributed by atoms with Gasteiger partial charge < -0.3 is 19.3 Å². The van der Waals surface area contributed by atoms with Crippen LogP contribution in [0.2, 0.25) is 5.02 Å². The van der Waals surface area contributed by atoms with Gasteiger partial charge in [0.2, 0.25) is 0 Å². The van der Waals surface area contributed by atoms with Crippen LogP contribution in [-0.4, -0.2) is 60.7 Å². The fourth-order valence-corrected chi connectivity index (χ4v) is 2.47. The van der Waals surface area contributed by atoms with Crippen molar-refractivity contribution in [1.29, 1.82) is 0 Å². The van der Waals surface area contributed by atoms with Gasteiger partial charge in [-0.05, 0) is 38.1 Å². The molecule has 0 saturated carbocycles. The Morgan fingerprint density at radius 3 is 2.26 bits per heavy atom. The summed E-state index contributed by atoms with van der Waals surface area (Å²) < 4.78 is 10.6. The molecule has 0 unspecified atom stereocenters. The molecule has 23 heavy (non-hydrogen) atoms. The first-order valence-electron chi connectivity index (χ1n) is 7.64. The van der Waals surface area contributed by atoms with Crippen molar-refractivity contribution < 1.29 is 19.1 Å². The molecule has 0 aliphatic carbocycles. The average molecular weight is 341 g/mol. The lowest BCUT2D eigenvalue weighted by Gasteiger charge is -2.35. The number of carbonyl (C=O) groups excluding carboxylic acids is 2. The molecule has 6 nitrogen and oxygen atoms in total. The molecule has 1 heterocycles. The van der Waals surface area contributed by atoms with Crippen LogP contribution in [-0.2, 0) is 9.53 Å². The van der Waals surface area contributed by atoms with Gasteiger partial charge in [-0.25, -0.2) is 4.79 Å². The van der Waals surface area contributed by atoms with E-state index in [1.807, 2.05) is 0 Å². The molecule has 126 valence electrons. The number of ether oxygens (including phenoxy) is 2. The van der Waals surface area contributed by atoms with Gasteiger partial charge in [-0.3, -0.25) is 4.79 Å². The van der Waals surface area contributed by atoms with Crippen LogP contribution in [0.15, 0.2) is 24.3 Å². The minimum absolute atomic E-state index is 0.0940. The molecule has 2 amide bonds. The van der Waals surface area contributed by atoms with Crippen LogP contribution in [0.3, 0.4) is 0 Å². The predicted octanol–water partition coefficient (Wildman–Crippen LogP) is 2.41. The molecule has 1 atom stereocenters. The van der Waals surface area contributed by atoms with Gasteiger partial charge in [-0.2, -0.15) is 0 Å². The van der Waals surface area contributed by atoms with E-state index in [1.54, 1.807) is 47.9 Å². The highest BCUT2D eigenvalue weighted by atomic mass is 35.5. The molecule has 1 aromatic carbocycles. The lowest BCUT2D eigenvalue weighted by atomic mass is 10.2. The zero-order chi connectivity index (χ0) is 16.8. The number of hydrogen-bond donors (Lipinski definition) is 0. The van der Waals surface area contributed by atoms with Gasteiger partial charge in [0.15, 0.2) is 6.10 Å². The normalized spacial score (nSPS) is 16.0. The van der Waals surface area contributed by atoms with Crippen molar-refractivity contribution in [2.75, 3.05) is 32.8 Å². The van der Waals surface area contributed by atoms with Gasteiger partial charge in [0.1, 0.15) is 5.75 Å². The quantitative estimate of drug-likeness (QED) is 0.844. The van der Waals surface area contributed by atoms with Crippen LogP contribution in [0.25, 0.3) is 0 Å². The van der Waals surface area contributed by atoms with E-state index in [9.17, 15) is 9.59 Å². The van der Waals surface area contributed by atoms with E-state index in [0.717, 1.165) is 0 Å². The average Bonchev–Trinajstić information content (AvgIpc) is 2.56. The Kier molecular flexibility index (Phi) is 6.10. The molecule has 0 spiro atoms. The highest BCUT2D eigenvalue weighted by Gasteiger charge is 2.28. The Hall–Kier alpha value is -1.95. The number of amides is 2. The lowest BCUT2D eigenvalue weighted by molar-refractivity contribution is -0.139. The number of rotatable bonds is 4. The van der Waals surface area contributed by atoms with Crippen molar-refractivity contribution in [2.45, 2.75) is 20.0 Å². The molecule has 0 bridgehead atoms. The zero-order valence-electron chi connectivity index (χ0n) is 13.3. The predicted molar refractivity (Wildman–Crippen MR) is 86.7 cm³/mol. The molecule has 1 aliphatic heterocycles. The number of hydrogen-bond acceptors (Lipinski definition) is 4. The van der Waals surface area contributed by atoms with Gasteiger partial charge in [0.25, 0.3) is 5.91 Å². The van der Waals surface area contributed by atoms with Crippen molar-refractivity contribution in [3.05, 3.63) is 29.3 Å². The maximum absolute atomic E-state index is 12.4. The third-order valence-corrected chi connectivity index (χ3v) is 3.84.